The summed E-state index contributed by atoms with van der Waals surface area (Å²) in [4.78, 5) is 18.9. The summed E-state index contributed by atoms with van der Waals surface area (Å²) in [5.74, 6) is 0.0840. The Morgan fingerprint density at radius 2 is 2.28 bits per heavy atom. The number of aromatic amines is 1. The van der Waals surface area contributed by atoms with Crippen molar-refractivity contribution in [2.75, 3.05) is 19.0 Å². The van der Waals surface area contributed by atoms with Gasteiger partial charge in [0.05, 0.1) is 11.0 Å². The highest BCUT2D eigenvalue weighted by Crippen LogP contribution is 2.13. The molecule has 0 saturated carbocycles. The van der Waals surface area contributed by atoms with Crippen molar-refractivity contribution in [2.45, 2.75) is 6.10 Å². The Bertz CT molecular complexity index is 491. The molecule has 2 aromatic rings. The number of carbonyl (C=O) groups excluding carboxylic acids is 1. The molecule has 98 valence electrons. The van der Waals surface area contributed by atoms with Crippen LogP contribution in [0.25, 0.3) is 11.0 Å². The molecule has 4 N–H and O–H groups in total. The molecule has 1 aromatic heterocycles. The van der Waals surface area contributed by atoms with Crippen LogP contribution in [0.4, 0.5) is 5.95 Å². The van der Waals surface area contributed by atoms with Gasteiger partial charge < -0.3 is 15.5 Å². The first-order valence-corrected chi connectivity index (χ1v) is 5.23. The van der Waals surface area contributed by atoms with E-state index in [0.29, 0.717) is 5.95 Å². The molecule has 0 spiro atoms. The molecule has 2 rings (SSSR count). The van der Waals surface area contributed by atoms with Crippen LogP contribution in [0, 0.1) is 0 Å². The first kappa shape index (κ1) is 14.4. The average molecular weight is 271 g/mol. The second-order valence-electron chi connectivity index (χ2n) is 3.55. The molecule has 0 fully saturated rings. The predicted molar refractivity (Wildman–Crippen MR) is 71.8 cm³/mol. The molecule has 1 heterocycles. The standard InChI is InChI=1S/C11H14N4O2.ClH/c1-17-9(6-12)10(16)15-11-13-7-4-2-3-5-8(7)14-11;/h2-5,9H,6,12H2,1H3,(H2,13,14,15,16);1H. The van der Waals surface area contributed by atoms with E-state index in [1.54, 1.807) is 0 Å². The second-order valence-corrected chi connectivity index (χ2v) is 3.55. The van der Waals surface area contributed by atoms with E-state index in [1.165, 1.54) is 7.11 Å². The number of ether oxygens (including phenoxy) is 1. The molecular formula is C11H15ClN4O2. The van der Waals surface area contributed by atoms with E-state index < -0.39 is 6.10 Å². The zero-order chi connectivity index (χ0) is 12.3. The highest BCUT2D eigenvalue weighted by molar-refractivity contribution is 5.94. The molecule has 0 radical (unpaired) electrons. The number of benzene rings is 1. The maximum Gasteiger partial charge on any atom is 0.257 e. The van der Waals surface area contributed by atoms with Crippen molar-refractivity contribution in [1.29, 1.82) is 0 Å². The van der Waals surface area contributed by atoms with Crippen LogP contribution < -0.4 is 11.1 Å². The lowest BCUT2D eigenvalue weighted by atomic mass is 10.3. The van der Waals surface area contributed by atoms with Gasteiger partial charge in [0.1, 0.15) is 6.10 Å². The monoisotopic (exact) mass is 270 g/mol. The van der Waals surface area contributed by atoms with Crippen molar-refractivity contribution in [3.63, 3.8) is 0 Å². The quantitative estimate of drug-likeness (QED) is 0.769. The van der Waals surface area contributed by atoms with Gasteiger partial charge in [-0.3, -0.25) is 10.1 Å². The van der Waals surface area contributed by atoms with Crippen LogP contribution in [0.1, 0.15) is 0 Å². The number of halogens is 1. The first-order chi connectivity index (χ1) is 8.24. The maximum absolute atomic E-state index is 11.7. The van der Waals surface area contributed by atoms with Crippen molar-refractivity contribution >= 4 is 35.3 Å². The fourth-order valence-electron chi connectivity index (χ4n) is 1.52. The lowest BCUT2D eigenvalue weighted by molar-refractivity contribution is -0.125. The number of methoxy groups -OCH3 is 1. The maximum atomic E-state index is 11.7. The van der Waals surface area contributed by atoms with Gasteiger partial charge in [-0.05, 0) is 12.1 Å². The highest BCUT2D eigenvalue weighted by Gasteiger charge is 2.16. The topological polar surface area (TPSA) is 93.0 Å². The number of nitrogens with one attached hydrogen (secondary N) is 2. The Morgan fingerprint density at radius 1 is 1.56 bits per heavy atom. The van der Waals surface area contributed by atoms with Crippen LogP contribution >= 0.6 is 12.4 Å². The molecule has 7 heteroatoms. The zero-order valence-corrected chi connectivity index (χ0v) is 10.7. The first-order valence-electron chi connectivity index (χ1n) is 5.23. The number of hydrogen-bond acceptors (Lipinski definition) is 4. The summed E-state index contributed by atoms with van der Waals surface area (Å²) in [6.45, 7) is 0.128. The Labute approximate surface area is 110 Å². The van der Waals surface area contributed by atoms with E-state index in [9.17, 15) is 4.79 Å². The van der Waals surface area contributed by atoms with Crippen molar-refractivity contribution in [3.05, 3.63) is 24.3 Å². The Morgan fingerprint density at radius 3 is 2.89 bits per heavy atom. The fraction of sp³-hybridized carbons (Fsp3) is 0.273. The lowest BCUT2D eigenvalue weighted by Crippen LogP contribution is -2.36. The summed E-state index contributed by atoms with van der Waals surface area (Å²) in [7, 11) is 1.44. The van der Waals surface area contributed by atoms with Crippen LogP contribution in [0.15, 0.2) is 24.3 Å². The van der Waals surface area contributed by atoms with Crippen LogP contribution in [0.2, 0.25) is 0 Å². The van der Waals surface area contributed by atoms with E-state index in [1.807, 2.05) is 24.3 Å². The summed E-state index contributed by atoms with van der Waals surface area (Å²) in [6.07, 6.45) is -0.664. The van der Waals surface area contributed by atoms with Crippen LogP contribution in [0.3, 0.4) is 0 Å². The molecule has 0 aliphatic heterocycles. The molecule has 6 nitrogen and oxygen atoms in total. The number of aromatic nitrogens is 2. The molecule has 1 amide bonds. The predicted octanol–water partition coefficient (Wildman–Crippen LogP) is 0.897. The Hall–Kier alpha value is -1.63. The number of nitrogens with two attached hydrogens (primary N) is 1. The third-order valence-corrected chi connectivity index (χ3v) is 2.42. The minimum atomic E-state index is -0.664. The summed E-state index contributed by atoms with van der Waals surface area (Å²) >= 11 is 0. The van der Waals surface area contributed by atoms with E-state index >= 15 is 0 Å². The SMILES string of the molecule is COC(CN)C(=O)Nc1nc2ccccc2[nH]1.Cl. The van der Waals surface area contributed by atoms with Crippen LogP contribution in [-0.2, 0) is 9.53 Å². The van der Waals surface area contributed by atoms with Crippen molar-refractivity contribution in [3.8, 4) is 0 Å². The normalized spacial score (nSPS) is 11.9. The van der Waals surface area contributed by atoms with E-state index in [0.717, 1.165) is 11.0 Å². The van der Waals surface area contributed by atoms with E-state index in [2.05, 4.69) is 15.3 Å². The van der Waals surface area contributed by atoms with Crippen molar-refractivity contribution in [1.82, 2.24) is 9.97 Å². The largest absolute Gasteiger partial charge is 0.370 e. The average Bonchev–Trinajstić information content (AvgIpc) is 2.72. The molecule has 1 unspecified atom stereocenters. The van der Waals surface area contributed by atoms with Gasteiger partial charge in [-0.1, -0.05) is 12.1 Å². The molecule has 18 heavy (non-hydrogen) atoms. The number of rotatable bonds is 4. The number of fused-ring (bicyclic) bond motifs is 1. The number of carbonyl (C=O) groups is 1. The minimum Gasteiger partial charge on any atom is -0.370 e. The zero-order valence-electron chi connectivity index (χ0n) is 9.84. The molecule has 0 saturated heterocycles. The van der Waals surface area contributed by atoms with Gasteiger partial charge in [-0.15, -0.1) is 12.4 Å². The fourth-order valence-corrected chi connectivity index (χ4v) is 1.52. The van der Waals surface area contributed by atoms with E-state index in [-0.39, 0.29) is 24.9 Å². The summed E-state index contributed by atoms with van der Waals surface area (Å²) in [6, 6.07) is 7.52. The van der Waals surface area contributed by atoms with Crippen molar-refractivity contribution < 1.29 is 9.53 Å². The number of hydrogen-bond donors (Lipinski definition) is 3. The molecular weight excluding hydrogens is 256 g/mol. The van der Waals surface area contributed by atoms with Crippen molar-refractivity contribution in [2.24, 2.45) is 5.73 Å². The Balaban J connectivity index is 0.00000162. The Kier molecular flexibility index (Phi) is 5.08. The van der Waals surface area contributed by atoms with Crippen LogP contribution in [0.5, 0.6) is 0 Å². The summed E-state index contributed by atoms with van der Waals surface area (Å²) < 4.78 is 4.93. The van der Waals surface area contributed by atoms with E-state index in [4.69, 9.17) is 10.5 Å². The van der Waals surface area contributed by atoms with Crippen LogP contribution in [-0.4, -0.2) is 35.6 Å². The smallest absolute Gasteiger partial charge is 0.257 e. The molecule has 1 aromatic carbocycles. The number of amides is 1. The molecule has 1 atom stereocenters. The third kappa shape index (κ3) is 2.98. The minimum absolute atomic E-state index is 0. The van der Waals surface area contributed by atoms with Gasteiger partial charge in [0.25, 0.3) is 5.91 Å². The number of imidazole rings is 1. The van der Waals surface area contributed by atoms with Gasteiger partial charge in [-0.25, -0.2) is 4.98 Å². The van der Waals surface area contributed by atoms with Gasteiger partial charge in [-0.2, -0.15) is 0 Å². The summed E-state index contributed by atoms with van der Waals surface area (Å²) in [5, 5.41) is 2.62. The number of nitrogens with zero attached hydrogens (tertiary/aromatic N) is 1. The lowest BCUT2D eigenvalue weighted by Gasteiger charge is -2.10. The van der Waals surface area contributed by atoms with Gasteiger partial charge >= 0.3 is 0 Å². The number of anilines is 1. The number of H-pyrrole nitrogens is 1. The summed E-state index contributed by atoms with van der Waals surface area (Å²) in [5.41, 5.74) is 7.06. The van der Waals surface area contributed by atoms with Gasteiger partial charge in [0, 0.05) is 13.7 Å². The second kappa shape index (κ2) is 6.34. The highest BCUT2D eigenvalue weighted by atomic mass is 35.5. The van der Waals surface area contributed by atoms with Gasteiger partial charge in [0.2, 0.25) is 5.95 Å². The molecule has 0 aliphatic carbocycles. The number of para-hydroxylation sites is 2. The third-order valence-electron chi connectivity index (χ3n) is 2.42. The molecule has 0 aliphatic rings. The molecule has 0 bridgehead atoms. The van der Waals surface area contributed by atoms with Gasteiger partial charge in [0.15, 0.2) is 0 Å².